The van der Waals surface area contributed by atoms with Crippen molar-refractivity contribution < 1.29 is 0 Å². The summed E-state index contributed by atoms with van der Waals surface area (Å²) in [6.45, 7) is 9.63. The fourth-order valence-corrected chi connectivity index (χ4v) is 3.63. The molecule has 0 spiro atoms. The fourth-order valence-electron chi connectivity index (χ4n) is 3.63. The molecule has 0 unspecified atom stereocenters. The highest BCUT2D eigenvalue weighted by atomic mass is 15.4. The second-order valence-corrected chi connectivity index (χ2v) is 6.93. The van der Waals surface area contributed by atoms with E-state index in [9.17, 15) is 0 Å². The predicted molar refractivity (Wildman–Crippen MR) is 105 cm³/mol. The number of nitrogens with zero attached hydrogens (tertiary/aromatic N) is 6. The zero-order valence-corrected chi connectivity index (χ0v) is 15.4. The van der Waals surface area contributed by atoms with Gasteiger partial charge in [-0.3, -0.25) is 0 Å². The summed E-state index contributed by atoms with van der Waals surface area (Å²) in [5.41, 5.74) is 2.32. The third kappa shape index (κ3) is 3.88. The van der Waals surface area contributed by atoms with Crippen LogP contribution in [0.4, 0.5) is 23.1 Å². The van der Waals surface area contributed by atoms with Crippen LogP contribution in [0.3, 0.4) is 0 Å². The summed E-state index contributed by atoms with van der Waals surface area (Å²) in [6, 6.07) is 8.56. The second-order valence-electron chi connectivity index (χ2n) is 6.93. The van der Waals surface area contributed by atoms with Gasteiger partial charge >= 0.3 is 0 Å². The normalized spacial score (nSPS) is 18.3. The van der Waals surface area contributed by atoms with Gasteiger partial charge in [-0.05, 0) is 43.7 Å². The number of aromatic nitrogens is 3. The lowest BCUT2D eigenvalue weighted by atomic mass is 10.2. The molecule has 0 amide bonds. The van der Waals surface area contributed by atoms with Gasteiger partial charge in [0.1, 0.15) is 0 Å². The first kappa shape index (κ1) is 17.0. The van der Waals surface area contributed by atoms with Crippen molar-refractivity contribution >= 4 is 23.1 Å². The molecule has 1 N–H and O–H groups in total. The van der Waals surface area contributed by atoms with E-state index in [1.54, 1.807) is 6.20 Å². The summed E-state index contributed by atoms with van der Waals surface area (Å²) >= 11 is 0. The Bertz CT molecular complexity index is 704. The van der Waals surface area contributed by atoms with Crippen LogP contribution in [-0.4, -0.2) is 65.9 Å². The molecular weight excluding hydrogens is 326 g/mol. The van der Waals surface area contributed by atoms with Crippen LogP contribution < -0.4 is 15.1 Å². The first-order valence-corrected chi connectivity index (χ1v) is 9.61. The molecule has 7 heteroatoms. The number of hydrogen-bond donors (Lipinski definition) is 1. The van der Waals surface area contributed by atoms with E-state index in [0.717, 1.165) is 57.3 Å². The Morgan fingerprint density at radius 2 is 1.65 bits per heavy atom. The fraction of sp³-hybridized carbons (Fsp3) is 0.526. The maximum atomic E-state index is 4.65. The Morgan fingerprint density at radius 3 is 2.35 bits per heavy atom. The third-order valence-electron chi connectivity index (χ3n) is 5.26. The summed E-state index contributed by atoms with van der Waals surface area (Å²) in [7, 11) is 0. The Morgan fingerprint density at radius 1 is 0.923 bits per heavy atom. The topological polar surface area (TPSA) is 60.4 Å². The van der Waals surface area contributed by atoms with Crippen molar-refractivity contribution in [1.29, 1.82) is 0 Å². The summed E-state index contributed by atoms with van der Waals surface area (Å²) in [6.07, 6.45) is 4.27. The average molecular weight is 353 g/mol. The maximum absolute atomic E-state index is 4.65. The average Bonchev–Trinajstić information content (AvgIpc) is 3.24. The molecule has 0 radical (unpaired) electrons. The number of hydrogen-bond acceptors (Lipinski definition) is 7. The molecule has 26 heavy (non-hydrogen) atoms. The van der Waals surface area contributed by atoms with Crippen LogP contribution in [0.2, 0.25) is 0 Å². The minimum atomic E-state index is 0.708. The number of rotatable bonds is 5. The van der Waals surface area contributed by atoms with Gasteiger partial charge in [0.05, 0.1) is 6.20 Å². The van der Waals surface area contributed by atoms with Crippen LogP contribution in [0, 0.1) is 0 Å². The van der Waals surface area contributed by atoms with Crippen LogP contribution in [0.15, 0.2) is 30.5 Å². The number of likely N-dealkylation sites (N-methyl/N-ethyl adjacent to an activating group) is 1. The van der Waals surface area contributed by atoms with E-state index in [1.165, 1.54) is 18.5 Å². The molecule has 1 aromatic heterocycles. The number of anilines is 4. The van der Waals surface area contributed by atoms with Crippen LogP contribution in [0.5, 0.6) is 0 Å². The molecule has 0 bridgehead atoms. The van der Waals surface area contributed by atoms with Gasteiger partial charge < -0.3 is 20.0 Å². The first-order chi connectivity index (χ1) is 12.8. The predicted octanol–water partition coefficient (Wildman–Crippen LogP) is 2.36. The van der Waals surface area contributed by atoms with Crippen molar-refractivity contribution in [1.82, 2.24) is 20.1 Å². The number of benzene rings is 1. The molecule has 2 aromatic rings. The first-order valence-electron chi connectivity index (χ1n) is 9.61. The van der Waals surface area contributed by atoms with Gasteiger partial charge in [0.2, 0.25) is 5.95 Å². The molecular formula is C19H27N7. The van der Waals surface area contributed by atoms with Gasteiger partial charge in [0, 0.05) is 50.6 Å². The van der Waals surface area contributed by atoms with Crippen molar-refractivity contribution in [2.45, 2.75) is 19.8 Å². The van der Waals surface area contributed by atoms with E-state index in [-0.39, 0.29) is 0 Å². The van der Waals surface area contributed by atoms with E-state index in [1.807, 2.05) is 0 Å². The minimum absolute atomic E-state index is 0.708. The maximum Gasteiger partial charge on any atom is 0.247 e. The number of nitrogens with one attached hydrogen (secondary N) is 1. The summed E-state index contributed by atoms with van der Waals surface area (Å²) in [4.78, 5) is 11.7. The molecule has 4 rings (SSSR count). The minimum Gasteiger partial charge on any atom is -0.372 e. The van der Waals surface area contributed by atoms with Crippen molar-refractivity contribution in [2.75, 3.05) is 60.9 Å². The summed E-state index contributed by atoms with van der Waals surface area (Å²) in [5, 5.41) is 11.7. The lowest BCUT2D eigenvalue weighted by Crippen LogP contribution is -2.46. The molecule has 3 heterocycles. The zero-order valence-electron chi connectivity index (χ0n) is 15.4. The van der Waals surface area contributed by atoms with E-state index in [4.69, 9.17) is 0 Å². The van der Waals surface area contributed by atoms with Crippen molar-refractivity contribution in [2.24, 2.45) is 0 Å². The smallest absolute Gasteiger partial charge is 0.247 e. The Labute approximate surface area is 155 Å². The van der Waals surface area contributed by atoms with Gasteiger partial charge in [-0.2, -0.15) is 10.1 Å². The third-order valence-corrected chi connectivity index (χ3v) is 5.26. The molecule has 2 aliphatic heterocycles. The van der Waals surface area contributed by atoms with Crippen molar-refractivity contribution in [3.05, 3.63) is 30.5 Å². The van der Waals surface area contributed by atoms with Crippen molar-refractivity contribution in [3.63, 3.8) is 0 Å². The van der Waals surface area contributed by atoms with Crippen LogP contribution >= 0.6 is 0 Å². The molecule has 2 aliphatic rings. The van der Waals surface area contributed by atoms with Gasteiger partial charge in [0.15, 0.2) is 5.82 Å². The van der Waals surface area contributed by atoms with Gasteiger partial charge in [-0.15, -0.1) is 5.10 Å². The van der Waals surface area contributed by atoms with E-state index < -0.39 is 0 Å². The van der Waals surface area contributed by atoms with Gasteiger partial charge in [-0.1, -0.05) is 6.92 Å². The van der Waals surface area contributed by atoms with E-state index in [0.29, 0.717) is 5.95 Å². The SMILES string of the molecule is CCN1CCN(c2nncc(Nc3ccc(N4CCCC4)cc3)n2)CC1. The Balaban J connectivity index is 1.40. The lowest BCUT2D eigenvalue weighted by molar-refractivity contribution is 0.269. The van der Waals surface area contributed by atoms with Gasteiger partial charge in [-0.25, -0.2) is 0 Å². The van der Waals surface area contributed by atoms with Gasteiger partial charge in [0.25, 0.3) is 0 Å². The quantitative estimate of drug-likeness (QED) is 0.885. The van der Waals surface area contributed by atoms with E-state index in [2.05, 4.69) is 66.4 Å². The molecule has 2 saturated heterocycles. The molecule has 0 saturated carbocycles. The lowest BCUT2D eigenvalue weighted by Gasteiger charge is -2.33. The molecule has 7 nitrogen and oxygen atoms in total. The highest BCUT2D eigenvalue weighted by molar-refractivity contribution is 5.61. The van der Waals surface area contributed by atoms with E-state index >= 15 is 0 Å². The second kappa shape index (κ2) is 7.86. The Kier molecular flexibility index (Phi) is 5.15. The van der Waals surface area contributed by atoms with Crippen LogP contribution in [-0.2, 0) is 0 Å². The molecule has 138 valence electrons. The zero-order chi connectivity index (χ0) is 17.8. The Hall–Kier alpha value is -2.41. The van der Waals surface area contributed by atoms with Crippen LogP contribution in [0.1, 0.15) is 19.8 Å². The highest BCUT2D eigenvalue weighted by Gasteiger charge is 2.18. The molecule has 0 aliphatic carbocycles. The number of piperazine rings is 1. The van der Waals surface area contributed by atoms with Crippen LogP contribution in [0.25, 0.3) is 0 Å². The largest absolute Gasteiger partial charge is 0.372 e. The summed E-state index contributed by atoms with van der Waals surface area (Å²) in [5.74, 6) is 1.45. The molecule has 0 atom stereocenters. The monoisotopic (exact) mass is 353 g/mol. The highest BCUT2D eigenvalue weighted by Crippen LogP contribution is 2.23. The molecule has 1 aromatic carbocycles. The summed E-state index contributed by atoms with van der Waals surface area (Å²) < 4.78 is 0. The standard InChI is InChI=1S/C19H27N7/c1-2-24-11-13-26(14-12-24)19-22-18(15-20-23-19)21-16-5-7-17(8-6-16)25-9-3-4-10-25/h5-8,15H,2-4,9-14H2,1H3,(H,21,22,23). The van der Waals surface area contributed by atoms with Crippen molar-refractivity contribution in [3.8, 4) is 0 Å². The molecule has 2 fully saturated rings.